The summed E-state index contributed by atoms with van der Waals surface area (Å²) in [7, 11) is 0. The maximum atomic E-state index is 13.2. The van der Waals surface area contributed by atoms with Crippen LogP contribution < -0.4 is 5.32 Å². The molecule has 0 amide bonds. The predicted octanol–water partition coefficient (Wildman–Crippen LogP) is 4.77. The highest BCUT2D eigenvalue weighted by Crippen LogP contribution is 2.29. The zero-order chi connectivity index (χ0) is 14.8. The summed E-state index contributed by atoms with van der Waals surface area (Å²) >= 11 is 0. The van der Waals surface area contributed by atoms with E-state index in [1.165, 1.54) is 24.3 Å². The van der Waals surface area contributed by atoms with Crippen LogP contribution in [-0.2, 0) is 12.7 Å². The Morgan fingerprint density at radius 2 is 1.65 bits per heavy atom. The average Bonchev–Trinajstić information content (AvgIpc) is 2.35. The molecule has 0 aliphatic carbocycles. The van der Waals surface area contributed by atoms with Crippen LogP contribution in [0.15, 0.2) is 42.5 Å². The number of hydrogen-bond acceptors (Lipinski definition) is 1. The van der Waals surface area contributed by atoms with Crippen molar-refractivity contribution in [3.05, 3.63) is 65.0 Å². The van der Waals surface area contributed by atoms with Crippen molar-refractivity contribution >= 4 is 5.69 Å². The zero-order valence-electron chi connectivity index (χ0n) is 10.8. The van der Waals surface area contributed by atoms with E-state index in [2.05, 4.69) is 5.32 Å². The van der Waals surface area contributed by atoms with E-state index in [1.807, 2.05) is 0 Å². The molecule has 0 heterocycles. The Kier molecular flexibility index (Phi) is 3.97. The fourth-order valence-electron chi connectivity index (χ4n) is 1.85. The minimum Gasteiger partial charge on any atom is -0.381 e. The second-order valence-electron chi connectivity index (χ2n) is 4.57. The third-order valence-corrected chi connectivity index (χ3v) is 2.82. The molecule has 0 aliphatic heterocycles. The van der Waals surface area contributed by atoms with Gasteiger partial charge in [0.25, 0.3) is 0 Å². The van der Waals surface area contributed by atoms with Crippen molar-refractivity contribution in [2.45, 2.75) is 19.6 Å². The third kappa shape index (κ3) is 3.73. The van der Waals surface area contributed by atoms with Gasteiger partial charge in [-0.25, -0.2) is 4.39 Å². The minimum absolute atomic E-state index is 0.334. The van der Waals surface area contributed by atoms with Crippen molar-refractivity contribution in [2.75, 3.05) is 5.32 Å². The molecule has 1 nitrogen and oxygen atoms in total. The fourth-order valence-corrected chi connectivity index (χ4v) is 1.85. The van der Waals surface area contributed by atoms with Crippen LogP contribution in [0, 0.1) is 12.7 Å². The van der Waals surface area contributed by atoms with Gasteiger partial charge in [0, 0.05) is 12.2 Å². The van der Waals surface area contributed by atoms with Crippen LogP contribution in [-0.4, -0.2) is 0 Å². The summed E-state index contributed by atoms with van der Waals surface area (Å²) in [4.78, 5) is 0. The molecule has 2 aromatic rings. The number of nitrogens with one attached hydrogen (secondary N) is 1. The normalized spacial score (nSPS) is 11.4. The molecular weight excluding hydrogens is 270 g/mol. The van der Waals surface area contributed by atoms with Crippen molar-refractivity contribution in [1.82, 2.24) is 0 Å². The molecule has 5 heteroatoms. The SMILES string of the molecule is Cc1cc(F)cc(NCc2ccc(C(F)(F)F)cc2)c1. The molecule has 0 saturated heterocycles. The summed E-state index contributed by atoms with van der Waals surface area (Å²) in [6.07, 6.45) is -4.33. The molecule has 106 valence electrons. The summed E-state index contributed by atoms with van der Waals surface area (Å²) in [5, 5.41) is 2.98. The van der Waals surface area contributed by atoms with Gasteiger partial charge in [0.1, 0.15) is 5.82 Å². The van der Waals surface area contributed by atoms with Crippen LogP contribution in [0.5, 0.6) is 0 Å². The van der Waals surface area contributed by atoms with E-state index in [0.717, 1.165) is 17.7 Å². The molecule has 0 bridgehead atoms. The first kappa shape index (κ1) is 14.4. The maximum absolute atomic E-state index is 13.2. The molecular formula is C15H13F4N. The summed E-state index contributed by atoms with van der Waals surface area (Å²) < 4.78 is 50.4. The van der Waals surface area contributed by atoms with Gasteiger partial charge in [0.15, 0.2) is 0 Å². The van der Waals surface area contributed by atoms with Crippen molar-refractivity contribution in [2.24, 2.45) is 0 Å². The number of alkyl halides is 3. The highest BCUT2D eigenvalue weighted by atomic mass is 19.4. The Hall–Kier alpha value is -2.04. The zero-order valence-corrected chi connectivity index (χ0v) is 10.8. The number of aryl methyl sites for hydroxylation is 1. The van der Waals surface area contributed by atoms with E-state index < -0.39 is 11.7 Å². The quantitative estimate of drug-likeness (QED) is 0.800. The van der Waals surface area contributed by atoms with Crippen molar-refractivity contribution in [3.8, 4) is 0 Å². The Labute approximate surface area is 114 Å². The monoisotopic (exact) mass is 283 g/mol. The Morgan fingerprint density at radius 1 is 1.00 bits per heavy atom. The van der Waals surface area contributed by atoms with Crippen LogP contribution in [0.2, 0.25) is 0 Å². The lowest BCUT2D eigenvalue weighted by molar-refractivity contribution is -0.137. The molecule has 0 fully saturated rings. The van der Waals surface area contributed by atoms with E-state index in [9.17, 15) is 17.6 Å². The molecule has 0 atom stereocenters. The van der Waals surface area contributed by atoms with Crippen LogP contribution >= 0.6 is 0 Å². The van der Waals surface area contributed by atoms with Crippen LogP contribution in [0.3, 0.4) is 0 Å². The highest BCUT2D eigenvalue weighted by Gasteiger charge is 2.29. The number of anilines is 1. The standard InChI is InChI=1S/C15H13F4N/c1-10-6-13(16)8-14(7-10)20-9-11-2-4-12(5-3-11)15(17,18)19/h2-8,20H,9H2,1H3. The molecule has 1 N–H and O–H groups in total. The first-order valence-corrected chi connectivity index (χ1v) is 6.02. The number of benzene rings is 2. The second-order valence-corrected chi connectivity index (χ2v) is 4.57. The first-order chi connectivity index (χ1) is 9.34. The van der Waals surface area contributed by atoms with Gasteiger partial charge < -0.3 is 5.32 Å². The molecule has 0 aromatic heterocycles. The van der Waals surface area contributed by atoms with Crippen LogP contribution in [0.4, 0.5) is 23.2 Å². The maximum Gasteiger partial charge on any atom is 0.416 e. The Balaban J connectivity index is 2.04. The largest absolute Gasteiger partial charge is 0.416 e. The second kappa shape index (κ2) is 5.53. The molecule has 0 radical (unpaired) electrons. The van der Waals surface area contributed by atoms with Gasteiger partial charge in [0.2, 0.25) is 0 Å². The molecule has 0 spiro atoms. The third-order valence-electron chi connectivity index (χ3n) is 2.82. The van der Waals surface area contributed by atoms with Gasteiger partial charge in [-0.1, -0.05) is 12.1 Å². The summed E-state index contributed by atoms with van der Waals surface area (Å²) in [6, 6.07) is 9.40. The van der Waals surface area contributed by atoms with Gasteiger partial charge in [-0.15, -0.1) is 0 Å². The van der Waals surface area contributed by atoms with E-state index in [4.69, 9.17) is 0 Å². The van der Waals surface area contributed by atoms with Crippen molar-refractivity contribution in [1.29, 1.82) is 0 Å². The van der Waals surface area contributed by atoms with E-state index >= 15 is 0 Å². The average molecular weight is 283 g/mol. The summed E-state index contributed by atoms with van der Waals surface area (Å²) in [6.45, 7) is 2.10. The lowest BCUT2D eigenvalue weighted by Gasteiger charge is -2.10. The van der Waals surface area contributed by atoms with E-state index in [0.29, 0.717) is 17.8 Å². The molecule has 2 aromatic carbocycles. The lowest BCUT2D eigenvalue weighted by atomic mass is 10.1. The van der Waals surface area contributed by atoms with Gasteiger partial charge in [0.05, 0.1) is 5.56 Å². The molecule has 0 unspecified atom stereocenters. The first-order valence-electron chi connectivity index (χ1n) is 6.02. The van der Waals surface area contributed by atoms with Crippen molar-refractivity contribution < 1.29 is 17.6 Å². The van der Waals surface area contributed by atoms with Gasteiger partial charge in [-0.2, -0.15) is 13.2 Å². The van der Waals surface area contributed by atoms with Gasteiger partial charge >= 0.3 is 6.18 Å². The van der Waals surface area contributed by atoms with E-state index in [1.54, 1.807) is 13.0 Å². The van der Waals surface area contributed by atoms with Gasteiger partial charge in [-0.05, 0) is 48.4 Å². The molecule has 0 aliphatic rings. The smallest absolute Gasteiger partial charge is 0.381 e. The van der Waals surface area contributed by atoms with Crippen LogP contribution in [0.25, 0.3) is 0 Å². The Morgan fingerprint density at radius 3 is 2.20 bits per heavy atom. The molecule has 2 rings (SSSR count). The predicted molar refractivity (Wildman–Crippen MR) is 69.9 cm³/mol. The number of halogens is 4. The lowest BCUT2D eigenvalue weighted by Crippen LogP contribution is -2.05. The van der Waals surface area contributed by atoms with E-state index in [-0.39, 0.29) is 5.82 Å². The van der Waals surface area contributed by atoms with Gasteiger partial charge in [-0.3, -0.25) is 0 Å². The minimum atomic E-state index is -4.33. The summed E-state index contributed by atoms with van der Waals surface area (Å²) in [5.74, 6) is -0.347. The van der Waals surface area contributed by atoms with Crippen LogP contribution in [0.1, 0.15) is 16.7 Å². The number of hydrogen-bond donors (Lipinski definition) is 1. The highest BCUT2D eigenvalue weighted by molar-refractivity contribution is 5.46. The van der Waals surface area contributed by atoms with Crippen molar-refractivity contribution in [3.63, 3.8) is 0 Å². The topological polar surface area (TPSA) is 12.0 Å². The molecule has 20 heavy (non-hydrogen) atoms. The molecule has 0 saturated carbocycles. The Bertz CT molecular complexity index is 568. The summed E-state index contributed by atoms with van der Waals surface area (Å²) in [5.41, 5.74) is 1.39. The fraction of sp³-hybridized carbons (Fsp3) is 0.200. The number of rotatable bonds is 3.